The Kier molecular flexibility index (Phi) is 5.34. The summed E-state index contributed by atoms with van der Waals surface area (Å²) in [4.78, 5) is 11.1. The lowest BCUT2D eigenvalue weighted by atomic mass is 10.3. The molecule has 0 unspecified atom stereocenters. The quantitative estimate of drug-likeness (QED) is 0.878. The molecule has 0 bridgehead atoms. The zero-order valence-corrected chi connectivity index (χ0v) is 10.9. The van der Waals surface area contributed by atoms with Crippen LogP contribution in [0.2, 0.25) is 0 Å². The molecule has 0 heterocycles. The summed E-state index contributed by atoms with van der Waals surface area (Å²) in [6, 6.07) is 1.96. The second-order valence-corrected chi connectivity index (χ2v) is 4.23. The molecular weight excluding hydrogens is 294 g/mol. The molecule has 0 aliphatic heterocycles. The number of carbonyl (C=O) groups excluding carboxylic acids is 1. The highest BCUT2D eigenvalue weighted by atomic mass is 79.9. The van der Waals surface area contributed by atoms with Crippen molar-refractivity contribution in [1.82, 2.24) is 5.32 Å². The van der Waals surface area contributed by atoms with E-state index in [1.807, 2.05) is 6.92 Å². The van der Waals surface area contributed by atoms with Crippen LogP contribution in [-0.4, -0.2) is 19.0 Å². The van der Waals surface area contributed by atoms with Gasteiger partial charge in [-0.05, 0) is 28.9 Å². The van der Waals surface area contributed by atoms with E-state index < -0.39 is 11.6 Å². The zero-order chi connectivity index (χ0) is 12.8. The number of carbonyl (C=O) groups is 1. The van der Waals surface area contributed by atoms with Gasteiger partial charge in [0.05, 0.1) is 5.69 Å². The molecular formula is C11H13BrF2N2O. The van der Waals surface area contributed by atoms with Crippen molar-refractivity contribution in [3.63, 3.8) is 0 Å². The van der Waals surface area contributed by atoms with Gasteiger partial charge >= 0.3 is 0 Å². The van der Waals surface area contributed by atoms with Crippen LogP contribution < -0.4 is 10.6 Å². The van der Waals surface area contributed by atoms with E-state index in [2.05, 4.69) is 26.6 Å². The Morgan fingerprint density at radius 1 is 1.41 bits per heavy atom. The molecule has 0 aliphatic carbocycles. The van der Waals surface area contributed by atoms with Crippen molar-refractivity contribution in [3.05, 3.63) is 28.2 Å². The number of benzene rings is 1. The highest BCUT2D eigenvalue weighted by Crippen LogP contribution is 2.26. The molecule has 1 amide bonds. The normalized spacial score (nSPS) is 10.1. The average molecular weight is 307 g/mol. The minimum Gasteiger partial charge on any atom is -0.381 e. The molecule has 0 radical (unpaired) electrons. The molecule has 0 fully saturated rings. The van der Waals surface area contributed by atoms with Crippen molar-refractivity contribution < 1.29 is 13.6 Å². The first-order valence-electron chi connectivity index (χ1n) is 5.19. The SMILES string of the molecule is CCNC(=O)CCNc1c(F)cc(F)cc1Br. The van der Waals surface area contributed by atoms with E-state index in [0.717, 1.165) is 12.1 Å². The molecule has 0 saturated heterocycles. The number of amides is 1. The third kappa shape index (κ3) is 4.30. The van der Waals surface area contributed by atoms with Crippen LogP contribution in [0.5, 0.6) is 0 Å². The predicted molar refractivity (Wildman–Crippen MR) is 65.8 cm³/mol. The van der Waals surface area contributed by atoms with Crippen LogP contribution in [0.4, 0.5) is 14.5 Å². The highest BCUT2D eigenvalue weighted by molar-refractivity contribution is 9.10. The fourth-order valence-electron chi connectivity index (χ4n) is 1.30. The smallest absolute Gasteiger partial charge is 0.221 e. The second-order valence-electron chi connectivity index (χ2n) is 3.37. The molecule has 0 aliphatic rings. The van der Waals surface area contributed by atoms with Crippen LogP contribution in [0, 0.1) is 11.6 Å². The molecule has 1 rings (SSSR count). The van der Waals surface area contributed by atoms with Gasteiger partial charge in [0.25, 0.3) is 0 Å². The molecule has 0 saturated carbocycles. The van der Waals surface area contributed by atoms with Crippen LogP contribution in [0.25, 0.3) is 0 Å². The summed E-state index contributed by atoms with van der Waals surface area (Å²) in [5, 5.41) is 5.37. The van der Waals surface area contributed by atoms with Gasteiger partial charge in [-0.3, -0.25) is 4.79 Å². The maximum Gasteiger partial charge on any atom is 0.221 e. The van der Waals surface area contributed by atoms with Gasteiger partial charge in [-0.15, -0.1) is 0 Å². The van der Waals surface area contributed by atoms with Gasteiger partial charge in [-0.25, -0.2) is 8.78 Å². The standard InChI is InChI=1S/C11H13BrF2N2O/c1-2-15-10(17)3-4-16-11-8(12)5-7(13)6-9(11)14/h5-6,16H,2-4H2,1H3,(H,15,17). The Labute approximate surface area is 107 Å². The minimum atomic E-state index is -0.687. The van der Waals surface area contributed by atoms with E-state index in [1.165, 1.54) is 0 Å². The number of rotatable bonds is 5. The topological polar surface area (TPSA) is 41.1 Å². The van der Waals surface area contributed by atoms with E-state index in [9.17, 15) is 13.6 Å². The third-order valence-corrected chi connectivity index (χ3v) is 2.66. The lowest BCUT2D eigenvalue weighted by Gasteiger charge is -2.09. The molecule has 2 N–H and O–H groups in total. The Balaban J connectivity index is 2.55. The Morgan fingerprint density at radius 3 is 2.71 bits per heavy atom. The number of anilines is 1. The van der Waals surface area contributed by atoms with Crippen molar-refractivity contribution in [2.75, 3.05) is 18.4 Å². The van der Waals surface area contributed by atoms with E-state index in [-0.39, 0.29) is 24.6 Å². The van der Waals surface area contributed by atoms with Gasteiger partial charge in [-0.1, -0.05) is 0 Å². The van der Waals surface area contributed by atoms with Crippen molar-refractivity contribution in [1.29, 1.82) is 0 Å². The van der Waals surface area contributed by atoms with Crippen molar-refractivity contribution in [2.24, 2.45) is 0 Å². The Hall–Kier alpha value is -1.17. The average Bonchev–Trinajstić information content (AvgIpc) is 2.22. The fraction of sp³-hybridized carbons (Fsp3) is 0.364. The van der Waals surface area contributed by atoms with Gasteiger partial charge in [0, 0.05) is 30.0 Å². The molecule has 0 atom stereocenters. The van der Waals surface area contributed by atoms with Crippen LogP contribution in [-0.2, 0) is 4.79 Å². The maximum atomic E-state index is 13.4. The van der Waals surface area contributed by atoms with Crippen LogP contribution in [0.15, 0.2) is 16.6 Å². The second kappa shape index (κ2) is 6.54. The summed E-state index contributed by atoms with van der Waals surface area (Å²) in [5.74, 6) is -1.45. The first kappa shape index (κ1) is 13.9. The van der Waals surface area contributed by atoms with Crippen molar-refractivity contribution in [3.8, 4) is 0 Å². The Morgan fingerprint density at radius 2 is 2.12 bits per heavy atom. The van der Waals surface area contributed by atoms with E-state index in [4.69, 9.17) is 0 Å². The van der Waals surface area contributed by atoms with Gasteiger partial charge in [-0.2, -0.15) is 0 Å². The van der Waals surface area contributed by atoms with Gasteiger partial charge < -0.3 is 10.6 Å². The number of hydrogen-bond acceptors (Lipinski definition) is 2. The van der Waals surface area contributed by atoms with E-state index >= 15 is 0 Å². The molecule has 6 heteroatoms. The molecule has 3 nitrogen and oxygen atoms in total. The summed E-state index contributed by atoms with van der Waals surface area (Å²) in [7, 11) is 0. The highest BCUT2D eigenvalue weighted by Gasteiger charge is 2.09. The van der Waals surface area contributed by atoms with Crippen LogP contribution in [0.3, 0.4) is 0 Å². The van der Waals surface area contributed by atoms with Gasteiger partial charge in [0.1, 0.15) is 11.6 Å². The Bertz CT molecular complexity index is 389. The minimum absolute atomic E-state index is 0.112. The number of hydrogen-bond donors (Lipinski definition) is 2. The van der Waals surface area contributed by atoms with E-state index in [0.29, 0.717) is 11.0 Å². The summed E-state index contributed by atoms with van der Waals surface area (Å²) >= 11 is 3.05. The first-order valence-corrected chi connectivity index (χ1v) is 5.99. The largest absolute Gasteiger partial charge is 0.381 e. The predicted octanol–water partition coefficient (Wildman–Crippen LogP) is 2.67. The van der Waals surface area contributed by atoms with E-state index in [1.54, 1.807) is 0 Å². The monoisotopic (exact) mass is 306 g/mol. The lowest BCUT2D eigenvalue weighted by Crippen LogP contribution is -2.24. The molecule has 1 aromatic carbocycles. The summed E-state index contributed by atoms with van der Waals surface area (Å²) in [6.07, 6.45) is 0.233. The number of halogens is 3. The first-order chi connectivity index (χ1) is 8.04. The van der Waals surface area contributed by atoms with Crippen molar-refractivity contribution in [2.45, 2.75) is 13.3 Å². The third-order valence-electron chi connectivity index (χ3n) is 2.03. The van der Waals surface area contributed by atoms with Crippen molar-refractivity contribution >= 4 is 27.5 Å². The molecule has 17 heavy (non-hydrogen) atoms. The molecule has 0 spiro atoms. The zero-order valence-electron chi connectivity index (χ0n) is 9.32. The van der Waals surface area contributed by atoms with Crippen LogP contribution >= 0.6 is 15.9 Å². The molecule has 94 valence electrons. The summed E-state index contributed by atoms with van der Waals surface area (Å²) in [5.41, 5.74) is 0.163. The van der Waals surface area contributed by atoms with Gasteiger partial charge in [0.15, 0.2) is 0 Å². The maximum absolute atomic E-state index is 13.4. The fourth-order valence-corrected chi connectivity index (χ4v) is 1.85. The lowest BCUT2D eigenvalue weighted by molar-refractivity contribution is -0.120. The van der Waals surface area contributed by atoms with Gasteiger partial charge in [0.2, 0.25) is 5.91 Å². The molecule has 1 aromatic rings. The molecule has 0 aromatic heterocycles. The summed E-state index contributed by atoms with van der Waals surface area (Å²) < 4.78 is 26.4. The van der Waals surface area contributed by atoms with Crippen LogP contribution in [0.1, 0.15) is 13.3 Å². The number of nitrogens with one attached hydrogen (secondary N) is 2. The summed E-state index contributed by atoms with van der Waals surface area (Å²) in [6.45, 7) is 2.67.